The van der Waals surface area contributed by atoms with Gasteiger partial charge in [0.1, 0.15) is 0 Å². The summed E-state index contributed by atoms with van der Waals surface area (Å²) in [5, 5.41) is 0. The Kier molecular flexibility index (Phi) is 7.43. The molecule has 4 rings (SSSR count). The quantitative estimate of drug-likeness (QED) is 0.0783. The molecule has 0 bridgehead atoms. The second-order valence-electron chi connectivity index (χ2n) is 7.82. The van der Waals surface area contributed by atoms with Crippen molar-refractivity contribution in [3.8, 4) is 0 Å². The van der Waals surface area contributed by atoms with E-state index in [1.807, 2.05) is 0 Å². The standard InChI is InChI=1S/C28H12F10/c29-19-17(20(30)24(34)27(37)23(19)33)12-15(14-9-5-2-6-10-14)16(11-13-7-3-1-4-8-13)18-21(31)25(35)28(38)26(36)22(18)32/h1-12H. The van der Waals surface area contributed by atoms with Crippen molar-refractivity contribution in [3.63, 3.8) is 0 Å². The molecule has 10 heteroatoms. The first-order valence-corrected chi connectivity index (χ1v) is 10.6. The maximum atomic E-state index is 15.0. The lowest BCUT2D eigenvalue weighted by atomic mass is 9.88. The van der Waals surface area contributed by atoms with Crippen molar-refractivity contribution in [1.29, 1.82) is 0 Å². The van der Waals surface area contributed by atoms with E-state index in [1.54, 1.807) is 6.07 Å². The van der Waals surface area contributed by atoms with Crippen LogP contribution in [0, 0.1) is 58.2 Å². The first-order valence-electron chi connectivity index (χ1n) is 10.6. The average Bonchev–Trinajstić information content (AvgIpc) is 2.93. The minimum absolute atomic E-state index is 0.109. The zero-order chi connectivity index (χ0) is 27.7. The van der Waals surface area contributed by atoms with Crippen LogP contribution in [0.2, 0.25) is 0 Å². The topological polar surface area (TPSA) is 0 Å². The molecule has 0 unspecified atom stereocenters. The van der Waals surface area contributed by atoms with Crippen LogP contribution in [0.5, 0.6) is 0 Å². The van der Waals surface area contributed by atoms with Gasteiger partial charge < -0.3 is 0 Å². The van der Waals surface area contributed by atoms with E-state index < -0.39 is 80.4 Å². The minimum atomic E-state index is -2.45. The second kappa shape index (κ2) is 10.6. The molecule has 0 aliphatic carbocycles. The number of hydrogen-bond donors (Lipinski definition) is 0. The van der Waals surface area contributed by atoms with Crippen LogP contribution < -0.4 is 0 Å². The average molecular weight is 538 g/mol. The molecule has 0 spiro atoms. The van der Waals surface area contributed by atoms with Gasteiger partial charge in [0.2, 0.25) is 11.6 Å². The summed E-state index contributed by atoms with van der Waals surface area (Å²) in [5.41, 5.74) is -4.35. The van der Waals surface area contributed by atoms with Gasteiger partial charge in [-0.2, -0.15) is 0 Å². The highest BCUT2D eigenvalue weighted by molar-refractivity contribution is 6.16. The van der Waals surface area contributed by atoms with Crippen molar-refractivity contribution in [1.82, 2.24) is 0 Å². The van der Waals surface area contributed by atoms with Gasteiger partial charge in [0.25, 0.3) is 0 Å². The Labute approximate surface area is 208 Å². The molecule has 0 aliphatic heterocycles. The maximum Gasteiger partial charge on any atom is 0.200 e. The van der Waals surface area contributed by atoms with Gasteiger partial charge in [0.05, 0.1) is 11.1 Å². The van der Waals surface area contributed by atoms with Crippen molar-refractivity contribution in [2.24, 2.45) is 0 Å². The second-order valence-corrected chi connectivity index (χ2v) is 7.82. The van der Waals surface area contributed by atoms with Gasteiger partial charge in [0.15, 0.2) is 46.5 Å². The van der Waals surface area contributed by atoms with E-state index in [4.69, 9.17) is 0 Å². The van der Waals surface area contributed by atoms with E-state index in [9.17, 15) is 35.1 Å². The molecule has 4 aromatic carbocycles. The summed E-state index contributed by atoms with van der Waals surface area (Å²) < 4.78 is 143. The lowest BCUT2D eigenvalue weighted by molar-refractivity contribution is 0.376. The molecule has 38 heavy (non-hydrogen) atoms. The maximum absolute atomic E-state index is 15.0. The normalized spacial score (nSPS) is 12.3. The molecule has 0 saturated carbocycles. The summed E-state index contributed by atoms with van der Waals surface area (Å²) in [6, 6.07) is 13.9. The molecule has 0 atom stereocenters. The smallest absolute Gasteiger partial charge is 0.200 e. The Morgan fingerprint density at radius 1 is 0.395 bits per heavy atom. The molecule has 194 valence electrons. The van der Waals surface area contributed by atoms with Crippen molar-refractivity contribution in [2.45, 2.75) is 0 Å². The summed E-state index contributed by atoms with van der Waals surface area (Å²) in [5.74, 6) is -23.2. The summed E-state index contributed by atoms with van der Waals surface area (Å²) in [6.07, 6.45) is 1.33. The molecule has 0 aromatic heterocycles. The van der Waals surface area contributed by atoms with Crippen LogP contribution in [-0.2, 0) is 0 Å². The largest absolute Gasteiger partial charge is 0.203 e. The number of allylic oxidation sites excluding steroid dienone is 2. The zero-order valence-corrected chi connectivity index (χ0v) is 18.7. The van der Waals surface area contributed by atoms with E-state index in [1.165, 1.54) is 54.6 Å². The van der Waals surface area contributed by atoms with Crippen LogP contribution in [0.4, 0.5) is 43.9 Å². The summed E-state index contributed by atoms with van der Waals surface area (Å²) >= 11 is 0. The number of rotatable bonds is 5. The number of halogens is 10. The van der Waals surface area contributed by atoms with Crippen LogP contribution >= 0.6 is 0 Å². The third-order valence-corrected chi connectivity index (χ3v) is 5.50. The molecule has 0 heterocycles. The summed E-state index contributed by atoms with van der Waals surface area (Å²) in [6.45, 7) is 0. The fraction of sp³-hybridized carbons (Fsp3) is 0. The van der Waals surface area contributed by atoms with Crippen molar-refractivity contribution in [2.75, 3.05) is 0 Å². The lowest BCUT2D eigenvalue weighted by Crippen LogP contribution is -2.08. The van der Waals surface area contributed by atoms with Gasteiger partial charge in [-0.3, -0.25) is 0 Å². The third kappa shape index (κ3) is 4.69. The SMILES string of the molecule is Fc1c(F)c(F)c(C=C(C(=Cc2ccccc2)c2c(F)c(F)c(F)c(F)c2F)c2ccccc2)c(F)c1F. The molecule has 0 saturated heterocycles. The van der Waals surface area contributed by atoms with Gasteiger partial charge in [-0.15, -0.1) is 0 Å². The fourth-order valence-corrected chi connectivity index (χ4v) is 3.67. The van der Waals surface area contributed by atoms with Crippen molar-refractivity contribution >= 4 is 23.3 Å². The Balaban J connectivity index is 2.18. The van der Waals surface area contributed by atoms with Crippen molar-refractivity contribution < 1.29 is 43.9 Å². The Morgan fingerprint density at radius 2 is 0.789 bits per heavy atom. The van der Waals surface area contributed by atoms with Crippen molar-refractivity contribution in [3.05, 3.63) is 141 Å². The Bertz CT molecular complexity index is 1530. The van der Waals surface area contributed by atoms with Gasteiger partial charge >= 0.3 is 0 Å². The van der Waals surface area contributed by atoms with E-state index in [2.05, 4.69) is 0 Å². The van der Waals surface area contributed by atoms with E-state index in [-0.39, 0.29) is 11.1 Å². The summed E-state index contributed by atoms with van der Waals surface area (Å²) in [7, 11) is 0. The van der Waals surface area contributed by atoms with Crippen LogP contribution in [0.1, 0.15) is 22.3 Å². The van der Waals surface area contributed by atoms with Crippen LogP contribution in [0.3, 0.4) is 0 Å². The zero-order valence-electron chi connectivity index (χ0n) is 18.7. The molecule has 0 nitrogen and oxygen atoms in total. The van der Waals surface area contributed by atoms with Gasteiger partial charge in [-0.25, -0.2) is 43.9 Å². The van der Waals surface area contributed by atoms with E-state index in [0.29, 0.717) is 6.08 Å². The molecular formula is C28H12F10. The van der Waals surface area contributed by atoms with Crippen LogP contribution in [0.25, 0.3) is 23.3 Å². The highest BCUT2D eigenvalue weighted by Crippen LogP contribution is 2.40. The first-order chi connectivity index (χ1) is 18.0. The van der Waals surface area contributed by atoms with Gasteiger partial charge in [-0.1, -0.05) is 60.7 Å². The first kappa shape index (κ1) is 26.7. The number of benzene rings is 4. The minimum Gasteiger partial charge on any atom is -0.203 e. The predicted octanol–water partition coefficient (Wildman–Crippen LogP) is 8.86. The molecule has 0 aliphatic rings. The van der Waals surface area contributed by atoms with E-state index >= 15 is 8.78 Å². The molecule has 0 amide bonds. The van der Waals surface area contributed by atoms with Gasteiger partial charge in [0, 0.05) is 0 Å². The highest BCUT2D eigenvalue weighted by atomic mass is 19.2. The van der Waals surface area contributed by atoms with E-state index in [0.717, 1.165) is 6.08 Å². The Morgan fingerprint density at radius 3 is 1.26 bits per heavy atom. The molecular weight excluding hydrogens is 526 g/mol. The molecule has 0 fully saturated rings. The van der Waals surface area contributed by atoms with Gasteiger partial charge in [-0.05, 0) is 34.4 Å². The molecule has 4 aromatic rings. The monoisotopic (exact) mass is 538 g/mol. The fourth-order valence-electron chi connectivity index (χ4n) is 3.67. The number of hydrogen-bond acceptors (Lipinski definition) is 0. The Hall–Kier alpha value is -4.34. The highest BCUT2D eigenvalue weighted by Gasteiger charge is 2.31. The van der Waals surface area contributed by atoms with Crippen LogP contribution in [-0.4, -0.2) is 0 Å². The lowest BCUT2D eigenvalue weighted by Gasteiger charge is -2.17. The third-order valence-electron chi connectivity index (χ3n) is 5.50. The molecule has 0 N–H and O–H groups in total. The summed E-state index contributed by atoms with van der Waals surface area (Å²) in [4.78, 5) is 0. The molecule has 0 radical (unpaired) electrons. The predicted molar refractivity (Wildman–Crippen MR) is 121 cm³/mol. The van der Waals surface area contributed by atoms with Crippen LogP contribution in [0.15, 0.2) is 60.7 Å².